The topological polar surface area (TPSA) is 69.9 Å². The molecule has 1 aromatic heterocycles. The lowest BCUT2D eigenvalue weighted by molar-refractivity contribution is 0.106. The van der Waals surface area contributed by atoms with Crippen molar-refractivity contribution in [2.45, 2.75) is 26.0 Å². The average molecular weight is 314 g/mol. The van der Waals surface area contributed by atoms with Crippen LogP contribution in [0.5, 0.6) is 0 Å². The van der Waals surface area contributed by atoms with Gasteiger partial charge in [-0.3, -0.25) is 0 Å². The second kappa shape index (κ2) is 5.16. The van der Waals surface area contributed by atoms with Gasteiger partial charge in [-0.1, -0.05) is 0 Å². The number of aromatic nitrogens is 2. The van der Waals surface area contributed by atoms with E-state index in [1.807, 2.05) is 26.0 Å². The smallest absolute Gasteiger partial charge is 0.323 e. The summed E-state index contributed by atoms with van der Waals surface area (Å²) in [6.45, 7) is 4.05. The van der Waals surface area contributed by atoms with Crippen molar-refractivity contribution in [2.24, 2.45) is 0 Å². The molecule has 1 aromatic carbocycles. The van der Waals surface area contributed by atoms with E-state index in [1.165, 1.54) is 0 Å². The number of hydrogen-bond donors (Lipinski definition) is 3. The molecule has 3 N–H and O–H groups in total. The number of imidazole rings is 1. The third-order valence-corrected chi connectivity index (χ3v) is 3.72. The normalized spacial score (nSPS) is 14.7. The second-order valence-corrected chi connectivity index (χ2v) is 5.18. The van der Waals surface area contributed by atoms with Crippen LogP contribution in [0.25, 0.3) is 11.0 Å². The molecule has 5 nitrogen and oxygen atoms in total. The molecule has 0 aliphatic rings. The van der Waals surface area contributed by atoms with Crippen molar-refractivity contribution in [3.8, 4) is 0 Å². The molecule has 2 unspecified atom stereocenters. The summed E-state index contributed by atoms with van der Waals surface area (Å²) in [5.41, 5.74) is 2.29. The van der Waals surface area contributed by atoms with Crippen molar-refractivity contribution < 1.29 is 4.74 Å². The molecule has 2 rings (SSSR count). The van der Waals surface area contributed by atoms with Crippen LogP contribution in [0, 0.1) is 0 Å². The molecule has 0 aliphatic carbocycles. The molecular formula is C12H16BrN3O2. The molecule has 2 aromatic rings. The van der Waals surface area contributed by atoms with Crippen LogP contribution in [0.2, 0.25) is 0 Å². The van der Waals surface area contributed by atoms with Gasteiger partial charge < -0.3 is 20.0 Å². The molecule has 2 atom stereocenters. The lowest BCUT2D eigenvalue weighted by atomic mass is 10.2. The van der Waals surface area contributed by atoms with Crippen LogP contribution in [0.1, 0.15) is 13.8 Å². The highest BCUT2D eigenvalue weighted by Crippen LogP contribution is 2.27. The van der Waals surface area contributed by atoms with Gasteiger partial charge in [-0.05, 0) is 41.9 Å². The average Bonchev–Trinajstić information content (AvgIpc) is 2.67. The molecular weight excluding hydrogens is 298 g/mol. The summed E-state index contributed by atoms with van der Waals surface area (Å²) in [7, 11) is 1.69. The van der Waals surface area contributed by atoms with Crippen LogP contribution in [0.4, 0.5) is 5.69 Å². The number of ether oxygens (including phenoxy) is 1. The monoisotopic (exact) mass is 313 g/mol. The van der Waals surface area contributed by atoms with Crippen molar-refractivity contribution in [3.05, 3.63) is 27.1 Å². The van der Waals surface area contributed by atoms with E-state index < -0.39 is 0 Å². The first-order valence-corrected chi connectivity index (χ1v) is 6.51. The van der Waals surface area contributed by atoms with Crippen LogP contribution in [0.3, 0.4) is 0 Å². The Morgan fingerprint density at radius 1 is 1.28 bits per heavy atom. The zero-order valence-corrected chi connectivity index (χ0v) is 12.1. The minimum absolute atomic E-state index is 0.0953. The second-order valence-electron chi connectivity index (χ2n) is 4.33. The first kappa shape index (κ1) is 13.2. The van der Waals surface area contributed by atoms with Crippen LogP contribution >= 0.6 is 15.9 Å². The molecule has 0 fully saturated rings. The lowest BCUT2D eigenvalue weighted by Gasteiger charge is -2.21. The molecule has 0 amide bonds. The Bertz CT molecular complexity index is 605. The maximum atomic E-state index is 11.2. The van der Waals surface area contributed by atoms with Crippen molar-refractivity contribution in [1.29, 1.82) is 0 Å². The fourth-order valence-corrected chi connectivity index (χ4v) is 2.19. The molecule has 1 heterocycles. The zero-order chi connectivity index (χ0) is 13.3. The number of fused-ring (bicyclic) bond motifs is 1. The SMILES string of the molecule is COC(C)C(C)Nc1cc2[nH]c(=O)[nH]c2cc1Br. The molecule has 6 heteroatoms. The summed E-state index contributed by atoms with van der Waals surface area (Å²) in [6, 6.07) is 3.94. The summed E-state index contributed by atoms with van der Waals surface area (Å²) >= 11 is 3.49. The Hall–Kier alpha value is -1.27. The standard InChI is InChI=1S/C12H16BrN3O2/c1-6(7(2)18-3)14-9-5-11-10(4-8(9)13)15-12(17)16-11/h4-7,14H,1-3H3,(H2,15,16,17). The Balaban J connectivity index is 2.32. The maximum Gasteiger partial charge on any atom is 0.323 e. The van der Waals surface area contributed by atoms with E-state index in [2.05, 4.69) is 31.2 Å². The summed E-state index contributed by atoms with van der Waals surface area (Å²) < 4.78 is 6.18. The van der Waals surface area contributed by atoms with Gasteiger partial charge in [-0.2, -0.15) is 0 Å². The highest BCUT2D eigenvalue weighted by atomic mass is 79.9. The van der Waals surface area contributed by atoms with Gasteiger partial charge in [0.15, 0.2) is 0 Å². The third kappa shape index (κ3) is 2.59. The fraction of sp³-hybridized carbons (Fsp3) is 0.417. The van der Waals surface area contributed by atoms with Crippen molar-refractivity contribution >= 4 is 32.7 Å². The molecule has 0 radical (unpaired) electrons. The molecule has 0 spiro atoms. The quantitative estimate of drug-likeness (QED) is 0.812. The highest BCUT2D eigenvalue weighted by molar-refractivity contribution is 9.10. The number of aromatic amines is 2. The lowest BCUT2D eigenvalue weighted by Crippen LogP contribution is -2.29. The summed E-state index contributed by atoms with van der Waals surface area (Å²) in [5.74, 6) is 0. The van der Waals surface area contributed by atoms with Crippen molar-refractivity contribution in [1.82, 2.24) is 9.97 Å². The van der Waals surface area contributed by atoms with Gasteiger partial charge in [0, 0.05) is 17.6 Å². The Labute approximate surface area is 113 Å². The molecule has 0 bridgehead atoms. The first-order chi connectivity index (χ1) is 8.51. The highest BCUT2D eigenvalue weighted by Gasteiger charge is 2.13. The van der Waals surface area contributed by atoms with Gasteiger partial charge in [0.1, 0.15) is 0 Å². The van der Waals surface area contributed by atoms with Crippen LogP contribution in [0.15, 0.2) is 21.4 Å². The van der Waals surface area contributed by atoms with Crippen molar-refractivity contribution in [3.63, 3.8) is 0 Å². The zero-order valence-electron chi connectivity index (χ0n) is 10.5. The van der Waals surface area contributed by atoms with Crippen LogP contribution < -0.4 is 11.0 Å². The van der Waals surface area contributed by atoms with E-state index in [0.29, 0.717) is 0 Å². The Morgan fingerprint density at radius 3 is 2.50 bits per heavy atom. The number of rotatable bonds is 4. The van der Waals surface area contributed by atoms with Gasteiger partial charge in [0.2, 0.25) is 0 Å². The van der Waals surface area contributed by atoms with E-state index in [0.717, 1.165) is 21.2 Å². The van der Waals surface area contributed by atoms with Crippen molar-refractivity contribution in [2.75, 3.05) is 12.4 Å². The number of methoxy groups -OCH3 is 1. The molecule has 0 saturated heterocycles. The number of anilines is 1. The number of hydrogen-bond acceptors (Lipinski definition) is 3. The minimum Gasteiger partial charge on any atom is -0.380 e. The fourth-order valence-electron chi connectivity index (χ4n) is 1.73. The third-order valence-electron chi connectivity index (χ3n) is 3.06. The van der Waals surface area contributed by atoms with E-state index in [1.54, 1.807) is 7.11 Å². The van der Waals surface area contributed by atoms with Crippen LogP contribution in [-0.4, -0.2) is 29.2 Å². The number of benzene rings is 1. The predicted octanol–water partition coefficient (Wildman–Crippen LogP) is 2.45. The molecule has 98 valence electrons. The van der Waals surface area contributed by atoms with E-state index >= 15 is 0 Å². The number of nitrogens with one attached hydrogen (secondary N) is 3. The van der Waals surface area contributed by atoms with Gasteiger partial charge in [0.25, 0.3) is 0 Å². The summed E-state index contributed by atoms with van der Waals surface area (Å²) in [4.78, 5) is 16.7. The molecule has 18 heavy (non-hydrogen) atoms. The van der Waals surface area contributed by atoms with Gasteiger partial charge in [-0.25, -0.2) is 4.79 Å². The Kier molecular flexibility index (Phi) is 3.77. The predicted molar refractivity (Wildman–Crippen MR) is 76.2 cm³/mol. The molecule has 0 saturated carbocycles. The molecule has 0 aliphatic heterocycles. The van der Waals surface area contributed by atoms with Gasteiger partial charge >= 0.3 is 5.69 Å². The first-order valence-electron chi connectivity index (χ1n) is 5.72. The number of halogens is 1. The minimum atomic E-state index is -0.202. The summed E-state index contributed by atoms with van der Waals surface area (Å²) in [5, 5.41) is 3.35. The van der Waals surface area contributed by atoms with Gasteiger partial charge in [-0.15, -0.1) is 0 Å². The van der Waals surface area contributed by atoms with Crippen LogP contribution in [-0.2, 0) is 4.74 Å². The maximum absolute atomic E-state index is 11.2. The van der Waals surface area contributed by atoms with E-state index in [-0.39, 0.29) is 17.8 Å². The van der Waals surface area contributed by atoms with E-state index in [9.17, 15) is 4.79 Å². The summed E-state index contributed by atoms with van der Waals surface area (Å²) in [6.07, 6.45) is 0.0953. The van der Waals surface area contributed by atoms with Gasteiger partial charge in [0.05, 0.1) is 22.8 Å². The van der Waals surface area contributed by atoms with E-state index in [4.69, 9.17) is 4.74 Å². The largest absolute Gasteiger partial charge is 0.380 e. The Morgan fingerprint density at radius 2 is 1.89 bits per heavy atom. The number of H-pyrrole nitrogens is 2.